The third-order valence-electron chi connectivity index (χ3n) is 7.06. The van der Waals surface area contributed by atoms with Crippen LogP contribution < -0.4 is 15.5 Å². The summed E-state index contributed by atoms with van der Waals surface area (Å²) in [5.74, 6) is -1.22. The zero-order chi connectivity index (χ0) is 31.1. The fraction of sp³-hybridized carbons (Fsp3) is 0.382. The smallest absolute Gasteiger partial charge is 0.256 e. The Kier molecular flexibility index (Phi) is 10.6. The maximum Gasteiger partial charge on any atom is 0.256 e. The molecular formula is C34H39ClFN3O4. The lowest BCUT2D eigenvalue weighted by molar-refractivity contribution is -0.138. The van der Waals surface area contributed by atoms with Crippen molar-refractivity contribution in [3.8, 4) is 0 Å². The number of hydrogen-bond donors (Lipinski definition) is 2. The van der Waals surface area contributed by atoms with Gasteiger partial charge >= 0.3 is 0 Å². The molecule has 2 atom stereocenters. The molecule has 3 amide bonds. The molecule has 0 saturated carbocycles. The van der Waals surface area contributed by atoms with Gasteiger partial charge in [-0.1, -0.05) is 81.8 Å². The summed E-state index contributed by atoms with van der Waals surface area (Å²) in [4.78, 5) is 41.0. The highest BCUT2D eigenvalue weighted by atomic mass is 35.5. The minimum Gasteiger partial charge on any atom is -0.355 e. The molecule has 43 heavy (non-hydrogen) atoms. The summed E-state index contributed by atoms with van der Waals surface area (Å²) >= 11 is 6.48. The maximum absolute atomic E-state index is 14.1. The summed E-state index contributed by atoms with van der Waals surface area (Å²) in [6.45, 7) is 8.77. The average molecular weight is 608 g/mol. The first-order valence-corrected chi connectivity index (χ1v) is 14.9. The molecule has 2 unspecified atom stereocenters. The Bertz CT molecular complexity index is 1470. The minimum absolute atomic E-state index is 0.0107. The second-order valence-electron chi connectivity index (χ2n) is 12.0. The van der Waals surface area contributed by atoms with Crippen LogP contribution in [0.25, 0.3) is 0 Å². The predicted molar refractivity (Wildman–Crippen MR) is 166 cm³/mol. The van der Waals surface area contributed by atoms with E-state index in [0.717, 1.165) is 17.5 Å². The van der Waals surface area contributed by atoms with E-state index in [9.17, 15) is 18.8 Å². The van der Waals surface area contributed by atoms with Crippen molar-refractivity contribution in [3.05, 3.63) is 99.8 Å². The van der Waals surface area contributed by atoms with Crippen LogP contribution in [0.15, 0.2) is 66.7 Å². The minimum atomic E-state index is -1.12. The quantitative estimate of drug-likeness (QED) is 0.277. The largest absolute Gasteiger partial charge is 0.355 e. The number of rotatable bonds is 10. The van der Waals surface area contributed by atoms with Crippen molar-refractivity contribution in [1.82, 2.24) is 10.6 Å². The first-order valence-electron chi connectivity index (χ1n) is 14.6. The van der Waals surface area contributed by atoms with Gasteiger partial charge in [0.15, 0.2) is 0 Å². The molecule has 7 nitrogen and oxygen atoms in total. The van der Waals surface area contributed by atoms with E-state index in [2.05, 4.69) is 10.6 Å². The lowest BCUT2D eigenvalue weighted by atomic mass is 9.94. The van der Waals surface area contributed by atoms with Gasteiger partial charge in [-0.15, -0.1) is 0 Å². The molecule has 4 rings (SSSR count). The maximum atomic E-state index is 14.1. The van der Waals surface area contributed by atoms with Crippen molar-refractivity contribution in [2.45, 2.75) is 72.3 Å². The molecule has 0 aromatic heterocycles. The molecule has 2 N–H and O–H groups in total. The molecule has 1 aliphatic rings. The average Bonchev–Trinajstić information content (AvgIpc) is 3.05. The zero-order valence-corrected chi connectivity index (χ0v) is 25.8. The number of hydrogen-bond acceptors (Lipinski definition) is 4. The zero-order valence-electron chi connectivity index (χ0n) is 25.1. The summed E-state index contributed by atoms with van der Waals surface area (Å²) in [5, 5.41) is 6.15. The molecule has 3 aromatic rings. The molecule has 3 aromatic carbocycles. The standard InChI is InChI=1S/C34H39ClFN3O4/c1-5-9-30(40)37-19-22-10-8-12-23(16-22)32-26-17-25(35)14-15-28(26)39(21-34(2,3)4)33(42)29(43-32)18-31(41)38-20-24-11-6-7-13-27(24)36/h6-8,10-17,29,32H,5,9,18-21H2,1-4H3,(H,37,40)(H,38,41). The molecule has 0 aliphatic carbocycles. The van der Waals surface area contributed by atoms with E-state index in [4.69, 9.17) is 16.3 Å². The number of anilines is 1. The molecule has 1 aliphatic heterocycles. The normalized spacial score (nSPS) is 16.8. The molecular weight excluding hydrogens is 569 g/mol. The fourth-order valence-corrected chi connectivity index (χ4v) is 5.24. The number of nitrogens with zero attached hydrogens (tertiary/aromatic N) is 1. The van der Waals surface area contributed by atoms with Crippen LogP contribution in [0.5, 0.6) is 0 Å². The lowest BCUT2D eigenvalue weighted by Gasteiger charge is -2.31. The second-order valence-corrected chi connectivity index (χ2v) is 12.5. The Labute approximate surface area is 257 Å². The number of carbonyl (C=O) groups excluding carboxylic acids is 3. The van der Waals surface area contributed by atoms with Gasteiger partial charge in [-0.3, -0.25) is 14.4 Å². The Morgan fingerprint density at radius 3 is 2.44 bits per heavy atom. The van der Waals surface area contributed by atoms with Gasteiger partial charge in [0.05, 0.1) is 6.42 Å². The Morgan fingerprint density at radius 2 is 1.72 bits per heavy atom. The second kappa shape index (κ2) is 14.1. The molecule has 0 radical (unpaired) electrons. The van der Waals surface area contributed by atoms with Crippen LogP contribution >= 0.6 is 11.6 Å². The van der Waals surface area contributed by atoms with Crippen LogP contribution in [-0.4, -0.2) is 30.4 Å². The SMILES string of the molecule is CCCC(=O)NCc1cccc(C2OC(CC(=O)NCc3ccccc3F)C(=O)N(CC(C)(C)C)c3ccc(Cl)cc32)c1. The van der Waals surface area contributed by atoms with Gasteiger partial charge in [0.2, 0.25) is 11.8 Å². The molecule has 9 heteroatoms. The van der Waals surface area contributed by atoms with E-state index in [1.165, 1.54) is 6.07 Å². The topological polar surface area (TPSA) is 87.7 Å². The fourth-order valence-electron chi connectivity index (χ4n) is 5.06. The van der Waals surface area contributed by atoms with Gasteiger partial charge in [0.25, 0.3) is 5.91 Å². The summed E-state index contributed by atoms with van der Waals surface area (Å²) in [6, 6.07) is 19.2. The molecule has 0 fully saturated rings. The molecule has 0 bridgehead atoms. The van der Waals surface area contributed by atoms with Crippen LogP contribution in [0.4, 0.5) is 10.1 Å². The number of ether oxygens (including phenoxy) is 1. The van der Waals surface area contributed by atoms with Gasteiger partial charge in [-0.05, 0) is 47.2 Å². The van der Waals surface area contributed by atoms with Gasteiger partial charge < -0.3 is 20.3 Å². The van der Waals surface area contributed by atoms with E-state index >= 15 is 0 Å². The van der Waals surface area contributed by atoms with E-state index < -0.39 is 23.9 Å². The number of amides is 3. The number of carbonyl (C=O) groups is 3. The highest BCUT2D eigenvalue weighted by molar-refractivity contribution is 6.30. The monoisotopic (exact) mass is 607 g/mol. The van der Waals surface area contributed by atoms with Crippen LogP contribution in [0.2, 0.25) is 5.02 Å². The highest BCUT2D eigenvalue weighted by Gasteiger charge is 2.39. The third kappa shape index (κ3) is 8.65. The Hall–Kier alpha value is -3.75. The molecule has 1 heterocycles. The lowest BCUT2D eigenvalue weighted by Crippen LogP contribution is -2.45. The van der Waals surface area contributed by atoms with E-state index in [-0.39, 0.29) is 30.2 Å². The number of benzene rings is 3. The predicted octanol–water partition coefficient (Wildman–Crippen LogP) is 6.47. The summed E-state index contributed by atoms with van der Waals surface area (Å²) < 4.78 is 20.7. The number of fused-ring (bicyclic) bond motifs is 1. The van der Waals surface area contributed by atoms with Crippen LogP contribution in [0.1, 0.15) is 75.3 Å². The van der Waals surface area contributed by atoms with Gasteiger partial charge in [-0.2, -0.15) is 0 Å². The van der Waals surface area contributed by atoms with Crippen molar-refractivity contribution >= 4 is 35.0 Å². The Morgan fingerprint density at radius 1 is 0.977 bits per heavy atom. The van der Waals surface area contributed by atoms with Crippen molar-refractivity contribution < 1.29 is 23.5 Å². The first-order chi connectivity index (χ1) is 20.4. The van der Waals surface area contributed by atoms with Crippen molar-refractivity contribution in [2.75, 3.05) is 11.4 Å². The first kappa shape index (κ1) is 32.2. The van der Waals surface area contributed by atoms with E-state index in [0.29, 0.717) is 41.3 Å². The number of halogens is 2. The van der Waals surface area contributed by atoms with Crippen LogP contribution in [0, 0.1) is 11.2 Å². The molecule has 228 valence electrons. The van der Waals surface area contributed by atoms with Gasteiger partial charge in [0.1, 0.15) is 18.0 Å². The van der Waals surface area contributed by atoms with Gasteiger partial charge in [0, 0.05) is 47.9 Å². The van der Waals surface area contributed by atoms with Crippen molar-refractivity contribution in [3.63, 3.8) is 0 Å². The van der Waals surface area contributed by atoms with E-state index in [1.54, 1.807) is 35.2 Å². The Balaban J connectivity index is 1.68. The summed E-state index contributed by atoms with van der Waals surface area (Å²) in [6.07, 6.45) is -0.888. The van der Waals surface area contributed by atoms with Crippen LogP contribution in [-0.2, 0) is 32.2 Å². The van der Waals surface area contributed by atoms with Crippen molar-refractivity contribution in [1.29, 1.82) is 0 Å². The van der Waals surface area contributed by atoms with Gasteiger partial charge in [-0.25, -0.2) is 4.39 Å². The molecule has 0 spiro atoms. The van der Waals surface area contributed by atoms with E-state index in [1.807, 2.05) is 58.0 Å². The summed E-state index contributed by atoms with van der Waals surface area (Å²) in [5.41, 5.74) is 3.07. The van der Waals surface area contributed by atoms with Crippen LogP contribution in [0.3, 0.4) is 0 Å². The summed E-state index contributed by atoms with van der Waals surface area (Å²) in [7, 11) is 0. The highest BCUT2D eigenvalue weighted by Crippen LogP contribution is 2.41. The molecule has 0 saturated heterocycles. The number of nitrogens with one attached hydrogen (secondary N) is 2. The van der Waals surface area contributed by atoms with Crippen molar-refractivity contribution in [2.24, 2.45) is 5.41 Å². The third-order valence-corrected chi connectivity index (χ3v) is 7.30.